The molecular formula is C11H22N2O2. The molecule has 0 bridgehead atoms. The molecule has 4 heteroatoms. The highest BCUT2D eigenvalue weighted by atomic mass is 16.5. The molecule has 0 radical (unpaired) electrons. The van der Waals surface area contributed by atoms with Crippen LogP contribution in [-0.4, -0.2) is 38.8 Å². The minimum absolute atomic E-state index is 0.0362. The molecule has 0 aliphatic carbocycles. The fourth-order valence-corrected chi connectivity index (χ4v) is 1.76. The summed E-state index contributed by atoms with van der Waals surface area (Å²) in [7, 11) is 0. The van der Waals surface area contributed by atoms with Crippen molar-refractivity contribution >= 4 is 5.91 Å². The lowest BCUT2D eigenvalue weighted by Gasteiger charge is -2.33. The van der Waals surface area contributed by atoms with Gasteiger partial charge in [-0.1, -0.05) is 6.92 Å². The van der Waals surface area contributed by atoms with Crippen molar-refractivity contribution in [1.29, 1.82) is 0 Å². The highest BCUT2D eigenvalue weighted by Gasteiger charge is 2.26. The maximum Gasteiger partial charge on any atom is 0.216 e. The Hall–Kier alpha value is -0.610. The van der Waals surface area contributed by atoms with Crippen LogP contribution in [0.1, 0.15) is 26.7 Å². The molecule has 1 rings (SSSR count). The lowest BCUT2D eigenvalue weighted by molar-refractivity contribution is -0.118. The van der Waals surface area contributed by atoms with E-state index in [1.807, 2.05) is 0 Å². The first-order valence-electron chi connectivity index (χ1n) is 5.65. The Morgan fingerprint density at radius 2 is 2.00 bits per heavy atom. The van der Waals surface area contributed by atoms with Crippen molar-refractivity contribution in [3.63, 3.8) is 0 Å². The number of nitrogens with one attached hydrogen (secondary N) is 2. The van der Waals surface area contributed by atoms with Gasteiger partial charge in [-0.05, 0) is 18.3 Å². The molecular weight excluding hydrogens is 192 g/mol. The van der Waals surface area contributed by atoms with E-state index in [-0.39, 0.29) is 5.91 Å². The summed E-state index contributed by atoms with van der Waals surface area (Å²) in [5.74, 6) is 0.0362. The Bertz CT molecular complexity index is 201. The molecule has 15 heavy (non-hydrogen) atoms. The first kappa shape index (κ1) is 12.5. The SMILES string of the molecule is CC(=O)NCCNCC1(C)CCOCC1. The van der Waals surface area contributed by atoms with Crippen molar-refractivity contribution in [3.05, 3.63) is 0 Å². The van der Waals surface area contributed by atoms with Crippen LogP contribution < -0.4 is 10.6 Å². The highest BCUT2D eigenvalue weighted by Crippen LogP contribution is 2.28. The van der Waals surface area contributed by atoms with Crippen LogP contribution in [0, 0.1) is 5.41 Å². The van der Waals surface area contributed by atoms with Gasteiger partial charge in [0.25, 0.3) is 0 Å². The van der Waals surface area contributed by atoms with E-state index in [1.54, 1.807) is 6.92 Å². The van der Waals surface area contributed by atoms with Crippen LogP contribution in [-0.2, 0) is 9.53 Å². The maximum absolute atomic E-state index is 10.6. The van der Waals surface area contributed by atoms with Gasteiger partial charge >= 0.3 is 0 Å². The molecule has 0 atom stereocenters. The number of hydrogen-bond donors (Lipinski definition) is 2. The van der Waals surface area contributed by atoms with Gasteiger partial charge < -0.3 is 15.4 Å². The molecule has 1 amide bonds. The van der Waals surface area contributed by atoms with Crippen molar-refractivity contribution in [2.45, 2.75) is 26.7 Å². The second-order valence-electron chi connectivity index (χ2n) is 4.58. The van der Waals surface area contributed by atoms with Crippen LogP contribution in [0.3, 0.4) is 0 Å². The van der Waals surface area contributed by atoms with Gasteiger partial charge in [0.05, 0.1) is 0 Å². The Morgan fingerprint density at radius 3 is 2.60 bits per heavy atom. The lowest BCUT2D eigenvalue weighted by atomic mass is 9.82. The quantitative estimate of drug-likeness (QED) is 0.656. The van der Waals surface area contributed by atoms with Gasteiger partial charge in [0.2, 0.25) is 5.91 Å². The van der Waals surface area contributed by atoms with Crippen molar-refractivity contribution in [3.8, 4) is 0 Å². The van der Waals surface area contributed by atoms with Crippen molar-refractivity contribution in [1.82, 2.24) is 10.6 Å². The van der Waals surface area contributed by atoms with Crippen LogP contribution in [0.2, 0.25) is 0 Å². The fourth-order valence-electron chi connectivity index (χ4n) is 1.76. The summed E-state index contributed by atoms with van der Waals surface area (Å²) in [6.45, 7) is 8.16. The Balaban J connectivity index is 2.05. The summed E-state index contributed by atoms with van der Waals surface area (Å²) in [5.41, 5.74) is 0.370. The number of amides is 1. The van der Waals surface area contributed by atoms with E-state index in [2.05, 4.69) is 17.6 Å². The summed E-state index contributed by atoms with van der Waals surface area (Å²) in [6.07, 6.45) is 2.25. The minimum atomic E-state index is 0.0362. The number of rotatable bonds is 5. The third-order valence-electron chi connectivity index (χ3n) is 2.93. The van der Waals surface area contributed by atoms with Gasteiger partial charge in [-0.3, -0.25) is 4.79 Å². The van der Waals surface area contributed by atoms with Crippen LogP contribution in [0.4, 0.5) is 0 Å². The summed E-state index contributed by atoms with van der Waals surface area (Å²) >= 11 is 0. The van der Waals surface area contributed by atoms with E-state index >= 15 is 0 Å². The topological polar surface area (TPSA) is 50.4 Å². The molecule has 0 saturated carbocycles. The molecule has 1 aliphatic heterocycles. The monoisotopic (exact) mass is 214 g/mol. The van der Waals surface area contributed by atoms with Gasteiger partial charge in [0.1, 0.15) is 0 Å². The van der Waals surface area contributed by atoms with Gasteiger partial charge in [0, 0.05) is 39.8 Å². The molecule has 1 aliphatic rings. The third kappa shape index (κ3) is 5.14. The smallest absolute Gasteiger partial charge is 0.216 e. The fraction of sp³-hybridized carbons (Fsp3) is 0.909. The van der Waals surface area contributed by atoms with Crippen LogP contribution in [0.15, 0.2) is 0 Å². The predicted octanol–water partition coefficient (Wildman–Crippen LogP) is 0.529. The molecule has 1 saturated heterocycles. The van der Waals surface area contributed by atoms with E-state index < -0.39 is 0 Å². The first-order valence-corrected chi connectivity index (χ1v) is 5.65. The average molecular weight is 214 g/mol. The Morgan fingerprint density at radius 1 is 1.33 bits per heavy atom. The second kappa shape index (κ2) is 6.08. The van der Waals surface area contributed by atoms with E-state index in [9.17, 15) is 4.79 Å². The third-order valence-corrected chi connectivity index (χ3v) is 2.93. The molecule has 4 nitrogen and oxygen atoms in total. The van der Waals surface area contributed by atoms with Crippen molar-refractivity contribution in [2.24, 2.45) is 5.41 Å². The molecule has 88 valence electrons. The normalized spacial score (nSPS) is 19.9. The zero-order valence-corrected chi connectivity index (χ0v) is 9.77. The van der Waals surface area contributed by atoms with Crippen LogP contribution in [0.5, 0.6) is 0 Å². The van der Waals surface area contributed by atoms with Crippen LogP contribution in [0.25, 0.3) is 0 Å². The molecule has 0 aromatic rings. The van der Waals surface area contributed by atoms with Gasteiger partial charge in [-0.15, -0.1) is 0 Å². The van der Waals surface area contributed by atoms with E-state index in [0.717, 1.165) is 39.1 Å². The van der Waals surface area contributed by atoms with Crippen molar-refractivity contribution in [2.75, 3.05) is 32.8 Å². The van der Waals surface area contributed by atoms with Crippen molar-refractivity contribution < 1.29 is 9.53 Å². The van der Waals surface area contributed by atoms with E-state index in [1.165, 1.54) is 0 Å². The number of carbonyl (C=O) groups is 1. The molecule has 1 fully saturated rings. The minimum Gasteiger partial charge on any atom is -0.381 e. The summed E-state index contributed by atoms with van der Waals surface area (Å²) in [4.78, 5) is 10.6. The van der Waals surface area contributed by atoms with Gasteiger partial charge in [-0.25, -0.2) is 0 Å². The molecule has 0 unspecified atom stereocenters. The van der Waals surface area contributed by atoms with Gasteiger partial charge in [-0.2, -0.15) is 0 Å². The summed E-state index contributed by atoms with van der Waals surface area (Å²) in [6, 6.07) is 0. The lowest BCUT2D eigenvalue weighted by Crippen LogP contribution is -2.39. The number of hydrogen-bond acceptors (Lipinski definition) is 3. The predicted molar refractivity (Wildman–Crippen MR) is 59.7 cm³/mol. The second-order valence-corrected chi connectivity index (χ2v) is 4.58. The van der Waals surface area contributed by atoms with E-state index in [4.69, 9.17) is 4.74 Å². The molecule has 2 N–H and O–H groups in total. The number of ether oxygens (including phenoxy) is 1. The molecule has 0 aromatic heterocycles. The van der Waals surface area contributed by atoms with Crippen LogP contribution >= 0.6 is 0 Å². The number of carbonyl (C=O) groups excluding carboxylic acids is 1. The average Bonchev–Trinajstić information content (AvgIpc) is 2.17. The maximum atomic E-state index is 10.6. The molecule has 1 heterocycles. The Kier molecular flexibility index (Phi) is 5.05. The molecule has 0 aromatic carbocycles. The molecule has 0 spiro atoms. The summed E-state index contributed by atoms with van der Waals surface area (Å²) < 4.78 is 5.34. The highest BCUT2D eigenvalue weighted by molar-refractivity contribution is 5.72. The zero-order valence-electron chi connectivity index (χ0n) is 9.77. The zero-order chi connectivity index (χ0) is 11.1. The first-order chi connectivity index (χ1) is 7.12. The Labute approximate surface area is 91.8 Å². The van der Waals surface area contributed by atoms with E-state index in [0.29, 0.717) is 12.0 Å². The van der Waals surface area contributed by atoms with Gasteiger partial charge in [0.15, 0.2) is 0 Å². The largest absolute Gasteiger partial charge is 0.381 e. The standard InChI is InChI=1S/C11H22N2O2/c1-10(14)13-6-5-12-9-11(2)3-7-15-8-4-11/h12H,3-9H2,1-2H3,(H,13,14). The summed E-state index contributed by atoms with van der Waals surface area (Å²) in [5, 5.41) is 6.15.